The number of aromatic nitrogens is 8. The van der Waals surface area contributed by atoms with Crippen LogP contribution in [-0.2, 0) is 76.8 Å². The summed E-state index contributed by atoms with van der Waals surface area (Å²) in [5.41, 5.74) is 8.22. The number of Topliss-reactive ketones (excluding diaryl/α,β-unsaturated/α-hetero) is 1. The number of nitrogens with zero attached hydrogens (tertiary/aromatic N) is 12. The highest BCUT2D eigenvalue weighted by atomic mass is 79.9. The molecule has 8 heterocycles. The number of imidazole rings is 2. The third-order valence-corrected chi connectivity index (χ3v) is 25.5. The second kappa shape index (κ2) is 26.2. The van der Waals surface area contributed by atoms with E-state index in [0.717, 1.165) is 154 Å². The summed E-state index contributed by atoms with van der Waals surface area (Å²) in [5.74, 6) is 2.12. The molecular formula is C61H96Br2N12O5Si4. The van der Waals surface area contributed by atoms with Gasteiger partial charge in [-0.15, -0.1) is 0 Å². The van der Waals surface area contributed by atoms with E-state index in [4.69, 9.17) is 39.1 Å². The van der Waals surface area contributed by atoms with Crippen molar-refractivity contribution in [2.75, 3.05) is 53.6 Å². The average Bonchev–Trinajstić information content (AvgIpc) is 2.18. The van der Waals surface area contributed by atoms with Crippen LogP contribution in [0.4, 0.5) is 0 Å². The number of carbonyl (C=O) groups is 1. The number of halogens is 2. The van der Waals surface area contributed by atoms with E-state index in [-0.39, 0.29) is 24.2 Å². The van der Waals surface area contributed by atoms with Crippen LogP contribution < -0.4 is 0 Å². The van der Waals surface area contributed by atoms with Crippen molar-refractivity contribution >= 4 is 91.7 Å². The number of likely N-dealkylation sites (tertiary alicyclic amines) is 2. The van der Waals surface area contributed by atoms with Crippen LogP contribution in [0, 0.1) is 11.8 Å². The fourth-order valence-corrected chi connectivity index (χ4v) is 16.1. The molecule has 17 nitrogen and oxygen atoms in total. The zero-order valence-electron chi connectivity index (χ0n) is 53.0. The molecule has 2 saturated heterocycles. The summed E-state index contributed by atoms with van der Waals surface area (Å²) in [6.07, 6.45) is 3.62. The van der Waals surface area contributed by atoms with E-state index in [1.165, 1.54) is 11.4 Å². The third kappa shape index (κ3) is 15.3. The molecule has 0 spiro atoms. The van der Waals surface area contributed by atoms with E-state index in [0.29, 0.717) is 59.0 Å². The molecule has 0 bridgehead atoms. The molecule has 84 heavy (non-hydrogen) atoms. The fourth-order valence-electron chi connectivity index (χ4n) is 12.4. The maximum atomic E-state index is 15.1. The van der Waals surface area contributed by atoms with Gasteiger partial charge in [0.05, 0.1) is 46.1 Å². The van der Waals surface area contributed by atoms with Gasteiger partial charge in [-0.3, -0.25) is 24.4 Å². The summed E-state index contributed by atoms with van der Waals surface area (Å²) in [6, 6.07) is 17.1. The summed E-state index contributed by atoms with van der Waals surface area (Å²) in [7, 11) is -0.669. The number of fused-ring (bicyclic) bond motifs is 4. The summed E-state index contributed by atoms with van der Waals surface area (Å²) in [4.78, 5) is 36.1. The Kier molecular flexibility index (Phi) is 20.0. The van der Waals surface area contributed by atoms with Gasteiger partial charge >= 0.3 is 0 Å². The van der Waals surface area contributed by atoms with Crippen molar-refractivity contribution in [3.63, 3.8) is 0 Å². The number of ether oxygens (including phenoxy) is 4. The van der Waals surface area contributed by atoms with Crippen molar-refractivity contribution in [2.24, 2.45) is 11.8 Å². The van der Waals surface area contributed by atoms with Gasteiger partial charge in [-0.25, -0.2) is 19.3 Å². The normalized spacial score (nSPS) is 20.8. The van der Waals surface area contributed by atoms with Gasteiger partial charge < -0.3 is 28.1 Å². The van der Waals surface area contributed by atoms with Crippen LogP contribution in [0.15, 0.2) is 45.3 Å². The van der Waals surface area contributed by atoms with E-state index >= 15 is 4.79 Å². The summed E-state index contributed by atoms with van der Waals surface area (Å²) < 4.78 is 36.3. The zero-order valence-corrected chi connectivity index (χ0v) is 60.2. The van der Waals surface area contributed by atoms with Crippen LogP contribution in [0.25, 0.3) is 44.8 Å². The van der Waals surface area contributed by atoms with Crippen molar-refractivity contribution in [1.82, 2.24) is 58.3 Å². The molecule has 4 aliphatic heterocycles. The average molecular weight is 1350 g/mol. The molecule has 0 aliphatic carbocycles. The predicted octanol–water partition coefficient (Wildman–Crippen LogP) is 13.1. The minimum Gasteiger partial charge on any atom is -0.361 e. The first-order chi connectivity index (χ1) is 39.7. The molecule has 4 atom stereocenters. The molecule has 460 valence electrons. The maximum Gasteiger partial charge on any atom is 0.163 e. The summed E-state index contributed by atoms with van der Waals surface area (Å²) in [5, 5.41) is 12.6. The number of hydrogen-bond acceptors (Lipinski definition) is 13. The van der Waals surface area contributed by atoms with Crippen LogP contribution >= 0.6 is 31.9 Å². The molecule has 4 aliphatic rings. The van der Waals surface area contributed by atoms with E-state index in [1.54, 1.807) is 0 Å². The monoisotopic (exact) mass is 1350 g/mol. The molecule has 0 radical (unpaired) electrons. The molecule has 0 N–H and O–H groups in total. The van der Waals surface area contributed by atoms with Crippen molar-refractivity contribution in [3.8, 4) is 23.0 Å². The number of benzene rings is 2. The molecule has 10 rings (SSSR count). The van der Waals surface area contributed by atoms with E-state index in [9.17, 15) is 0 Å². The van der Waals surface area contributed by atoms with E-state index in [2.05, 4.69) is 190 Å². The largest absolute Gasteiger partial charge is 0.361 e. The van der Waals surface area contributed by atoms with E-state index in [1.807, 2.05) is 9.36 Å². The Balaban J connectivity index is 0.844. The minimum absolute atomic E-state index is 0.00275. The quantitative estimate of drug-likeness (QED) is 0.0376. The Morgan fingerprint density at radius 2 is 0.881 bits per heavy atom. The van der Waals surface area contributed by atoms with Gasteiger partial charge in [0.1, 0.15) is 44.1 Å². The topological polar surface area (TPSA) is 138 Å². The van der Waals surface area contributed by atoms with Crippen LogP contribution in [0.3, 0.4) is 0 Å². The lowest BCUT2D eigenvalue weighted by molar-refractivity contribution is -0.134. The van der Waals surface area contributed by atoms with Gasteiger partial charge in [0.2, 0.25) is 0 Å². The van der Waals surface area contributed by atoms with Gasteiger partial charge in [0, 0.05) is 130 Å². The van der Waals surface area contributed by atoms with Gasteiger partial charge in [0.25, 0.3) is 0 Å². The maximum absolute atomic E-state index is 15.1. The van der Waals surface area contributed by atoms with Crippen molar-refractivity contribution < 1.29 is 23.7 Å². The van der Waals surface area contributed by atoms with Crippen LogP contribution in [0.2, 0.25) is 103 Å². The molecule has 2 fully saturated rings. The summed E-state index contributed by atoms with van der Waals surface area (Å²) >= 11 is 7.47. The third-order valence-electron chi connectivity index (χ3n) is 17.7. The Bertz CT molecular complexity index is 3070. The standard InChI is InChI=1S/C61H96Br2N12O5Si4/c1-68-21-19-43(31-55(68)70-35-49-53(37-70)72(39-77-23-27-81(3,4)5)60(64-49)57-47-17-15-45(62)33-51(47)74(66-57)41-79-25-29-83(9,10)11)59(76)44-20-22-69(2)56(32-44)71-36-50-54(38-71)73(40-78-24-28-82(6,7)8)61(65-50)58-48-18-16-46(63)34-52(48)75(67-58)42-80-26-30-84(12,13)14/h15-18,33-34,43-44,55-56H,19-32,35-42H2,1-14H3. The van der Waals surface area contributed by atoms with Crippen molar-refractivity contribution in [1.29, 1.82) is 0 Å². The molecule has 0 saturated carbocycles. The number of piperidine rings is 2. The fraction of sp³-hybridized carbons (Fsp3) is 0.656. The highest BCUT2D eigenvalue weighted by Crippen LogP contribution is 2.41. The highest BCUT2D eigenvalue weighted by molar-refractivity contribution is 9.10. The molecular weight excluding hydrogens is 1250 g/mol. The second-order valence-electron chi connectivity index (χ2n) is 29.5. The Morgan fingerprint density at radius 1 is 0.524 bits per heavy atom. The number of hydrogen-bond donors (Lipinski definition) is 0. The number of carbonyl (C=O) groups excluding carboxylic acids is 1. The lowest BCUT2D eigenvalue weighted by atomic mass is 9.79. The zero-order chi connectivity index (χ0) is 60.0. The Morgan fingerprint density at radius 3 is 1.24 bits per heavy atom. The van der Waals surface area contributed by atoms with Crippen LogP contribution in [0.5, 0.6) is 0 Å². The SMILES string of the molecule is CN1CCC(C(=O)C2CCN(C)C(N3Cc4nc(-c5nn(COCC[Si](C)(C)C)c6cc(Br)ccc56)n(COCC[Si](C)(C)C)c4C3)C2)CC1N1Cc2nc(-c3nn(COCC[Si](C)(C)C)c4cc(Br)ccc34)n(COCC[Si](C)(C)C)c2C1. The molecule has 0 amide bonds. The molecule has 4 aromatic heterocycles. The second-order valence-corrected chi connectivity index (χ2v) is 53.8. The van der Waals surface area contributed by atoms with E-state index < -0.39 is 32.3 Å². The van der Waals surface area contributed by atoms with Crippen molar-refractivity contribution in [3.05, 3.63) is 68.1 Å². The minimum atomic E-state index is -1.32. The molecule has 4 unspecified atom stereocenters. The lowest BCUT2D eigenvalue weighted by Crippen LogP contribution is -2.53. The van der Waals surface area contributed by atoms with Gasteiger partial charge in [-0.1, -0.05) is 110 Å². The first-order valence-electron chi connectivity index (χ1n) is 30.9. The number of ketones is 1. The lowest BCUT2D eigenvalue weighted by Gasteiger charge is -2.44. The van der Waals surface area contributed by atoms with Crippen LogP contribution in [0.1, 0.15) is 48.5 Å². The predicted molar refractivity (Wildman–Crippen MR) is 356 cm³/mol. The molecule has 6 aromatic rings. The first kappa shape index (κ1) is 64.0. The Hall–Kier alpha value is -3.02. The smallest absolute Gasteiger partial charge is 0.163 e. The molecule has 23 heteroatoms. The summed E-state index contributed by atoms with van der Waals surface area (Å²) in [6.45, 7) is 37.8. The first-order valence-corrected chi connectivity index (χ1v) is 47.3. The van der Waals surface area contributed by atoms with Gasteiger partial charge in [-0.2, -0.15) is 10.2 Å². The molecule has 2 aromatic carbocycles. The highest BCUT2D eigenvalue weighted by Gasteiger charge is 2.44. The van der Waals surface area contributed by atoms with Crippen molar-refractivity contribution in [2.45, 2.75) is 194 Å². The van der Waals surface area contributed by atoms with Gasteiger partial charge in [0.15, 0.2) is 11.6 Å². The van der Waals surface area contributed by atoms with Crippen LogP contribution in [-0.4, -0.2) is 162 Å². The van der Waals surface area contributed by atoms with Gasteiger partial charge in [-0.05, 0) is 100 Å². The number of rotatable bonds is 26. The Labute approximate surface area is 520 Å².